The second-order valence-electron chi connectivity index (χ2n) is 9.28. The minimum Gasteiger partial charge on any atom is -0.465 e. The Kier molecular flexibility index (Phi) is 7.41. The molecule has 7 heteroatoms. The van der Waals surface area contributed by atoms with Crippen molar-refractivity contribution in [1.29, 1.82) is 0 Å². The van der Waals surface area contributed by atoms with Crippen LogP contribution in [0.1, 0.15) is 37.9 Å². The Morgan fingerprint density at radius 2 is 1.68 bits per heavy atom. The molecule has 2 saturated heterocycles. The van der Waals surface area contributed by atoms with Crippen molar-refractivity contribution in [3.8, 4) is 0 Å². The van der Waals surface area contributed by atoms with Gasteiger partial charge in [-0.15, -0.1) is 0 Å². The highest BCUT2D eigenvalue weighted by Gasteiger charge is 2.33. The Morgan fingerprint density at radius 3 is 2.26 bits per heavy atom. The largest absolute Gasteiger partial charge is 0.465 e. The van der Waals surface area contributed by atoms with Crippen molar-refractivity contribution >= 4 is 23.4 Å². The van der Waals surface area contributed by atoms with Gasteiger partial charge in [0.05, 0.1) is 6.61 Å². The Hall–Kier alpha value is -3.06. The quantitative estimate of drug-likeness (QED) is 0.578. The van der Waals surface area contributed by atoms with Crippen LogP contribution < -0.4 is 9.80 Å². The fraction of sp³-hybridized carbons (Fsp3) is 0.481. The lowest BCUT2D eigenvalue weighted by Crippen LogP contribution is -2.49. The summed E-state index contributed by atoms with van der Waals surface area (Å²) in [7, 11) is 0. The number of carbonyl (C=O) groups excluding carboxylic acids is 2. The van der Waals surface area contributed by atoms with Crippen molar-refractivity contribution < 1.29 is 14.3 Å². The number of piperazine rings is 1. The lowest BCUT2D eigenvalue weighted by molar-refractivity contribution is -0.150. The first-order chi connectivity index (χ1) is 16.4. The topological polar surface area (TPSA) is 56.3 Å². The lowest BCUT2D eigenvalue weighted by Gasteiger charge is -2.39. The minimum atomic E-state index is -0.377. The number of aryl methyl sites for hydroxylation is 1. The second-order valence-corrected chi connectivity index (χ2v) is 9.28. The molecule has 2 aromatic rings. The van der Waals surface area contributed by atoms with Crippen LogP contribution in [0.2, 0.25) is 0 Å². The number of amides is 2. The Bertz CT molecular complexity index is 1000. The van der Waals surface area contributed by atoms with Crippen LogP contribution in [0.4, 0.5) is 16.2 Å². The first-order valence-electron chi connectivity index (χ1n) is 12.3. The first kappa shape index (κ1) is 24.1. The summed E-state index contributed by atoms with van der Waals surface area (Å²) in [5.74, 6) is -0.187. The number of nitrogens with zero attached hydrogens (tertiary/aromatic N) is 4. The molecular weight excluding hydrogens is 428 g/mol. The summed E-state index contributed by atoms with van der Waals surface area (Å²) in [6.07, 6.45) is 0. The maximum atomic E-state index is 12.8. The predicted octanol–water partition coefficient (Wildman–Crippen LogP) is 4.07. The van der Waals surface area contributed by atoms with E-state index in [0.29, 0.717) is 6.61 Å². The van der Waals surface area contributed by atoms with E-state index in [1.165, 1.54) is 0 Å². The normalized spacial score (nSPS) is 18.0. The van der Waals surface area contributed by atoms with Gasteiger partial charge >= 0.3 is 12.0 Å². The van der Waals surface area contributed by atoms with E-state index < -0.39 is 0 Å². The molecule has 0 aliphatic carbocycles. The van der Waals surface area contributed by atoms with E-state index in [-0.39, 0.29) is 24.1 Å². The lowest BCUT2D eigenvalue weighted by atomic mass is 10.0. The van der Waals surface area contributed by atoms with E-state index in [1.54, 1.807) is 0 Å². The summed E-state index contributed by atoms with van der Waals surface area (Å²) < 4.78 is 5.40. The molecule has 2 aliphatic rings. The number of hydrogen-bond donors (Lipinski definition) is 0. The molecule has 34 heavy (non-hydrogen) atoms. The van der Waals surface area contributed by atoms with Crippen LogP contribution >= 0.6 is 0 Å². The molecular formula is C27H36N4O3. The summed E-state index contributed by atoms with van der Waals surface area (Å²) in [5, 5.41) is 0. The van der Waals surface area contributed by atoms with Gasteiger partial charge in [-0.25, -0.2) is 9.59 Å². The van der Waals surface area contributed by atoms with Crippen LogP contribution in [0.5, 0.6) is 0 Å². The molecule has 2 aliphatic heterocycles. The fourth-order valence-corrected chi connectivity index (χ4v) is 4.99. The molecule has 2 aromatic carbocycles. The molecule has 0 bridgehead atoms. The highest BCUT2D eigenvalue weighted by atomic mass is 16.5. The van der Waals surface area contributed by atoms with Gasteiger partial charge in [0.25, 0.3) is 0 Å². The number of urea groups is 1. The van der Waals surface area contributed by atoms with E-state index in [1.807, 2.05) is 47.1 Å². The number of benzene rings is 2. The zero-order chi connectivity index (χ0) is 24.2. The maximum Gasteiger partial charge on any atom is 0.328 e. The molecule has 2 heterocycles. The predicted molar refractivity (Wildman–Crippen MR) is 135 cm³/mol. The summed E-state index contributed by atoms with van der Waals surface area (Å²) in [6.45, 7) is 13.1. The first-order valence-corrected chi connectivity index (χ1v) is 12.3. The molecule has 0 aromatic heterocycles. The van der Waals surface area contributed by atoms with Crippen molar-refractivity contribution in [2.45, 2.75) is 39.8 Å². The van der Waals surface area contributed by atoms with Gasteiger partial charge in [-0.3, -0.25) is 9.80 Å². The molecule has 182 valence electrons. The van der Waals surface area contributed by atoms with E-state index in [4.69, 9.17) is 4.74 Å². The third-order valence-electron chi connectivity index (χ3n) is 6.81. The van der Waals surface area contributed by atoms with Crippen molar-refractivity contribution in [2.24, 2.45) is 0 Å². The van der Waals surface area contributed by atoms with E-state index in [9.17, 15) is 9.59 Å². The average molecular weight is 465 g/mol. The molecule has 2 amide bonds. The molecule has 0 radical (unpaired) electrons. The Morgan fingerprint density at radius 1 is 0.971 bits per heavy atom. The minimum absolute atomic E-state index is 0.0883. The maximum absolute atomic E-state index is 12.8. The van der Waals surface area contributed by atoms with Crippen molar-refractivity contribution in [2.75, 3.05) is 55.7 Å². The van der Waals surface area contributed by atoms with Crippen LogP contribution in [-0.4, -0.2) is 73.7 Å². The zero-order valence-electron chi connectivity index (χ0n) is 20.7. The van der Waals surface area contributed by atoms with Crippen LogP contribution in [0.3, 0.4) is 0 Å². The summed E-state index contributed by atoms with van der Waals surface area (Å²) in [6, 6.07) is 16.2. The molecule has 2 fully saturated rings. The Labute approximate surface area is 202 Å². The van der Waals surface area contributed by atoms with Gasteiger partial charge in [0.2, 0.25) is 0 Å². The van der Waals surface area contributed by atoms with E-state index in [2.05, 4.69) is 48.8 Å². The highest BCUT2D eigenvalue weighted by molar-refractivity contribution is 5.95. The van der Waals surface area contributed by atoms with Gasteiger partial charge < -0.3 is 14.5 Å². The van der Waals surface area contributed by atoms with Gasteiger partial charge in [-0.05, 0) is 57.0 Å². The van der Waals surface area contributed by atoms with Gasteiger partial charge in [-0.1, -0.05) is 30.3 Å². The summed E-state index contributed by atoms with van der Waals surface area (Å²) >= 11 is 0. The molecule has 7 nitrogen and oxygen atoms in total. The van der Waals surface area contributed by atoms with Gasteiger partial charge in [0.1, 0.15) is 6.04 Å². The highest BCUT2D eigenvalue weighted by Crippen LogP contribution is 2.31. The number of anilines is 2. The van der Waals surface area contributed by atoms with Crippen molar-refractivity contribution in [3.63, 3.8) is 0 Å². The third-order valence-corrected chi connectivity index (χ3v) is 6.81. The fourth-order valence-electron chi connectivity index (χ4n) is 4.99. The van der Waals surface area contributed by atoms with E-state index >= 15 is 0 Å². The Balaban J connectivity index is 1.44. The SMILES string of the molecule is CCOC(=O)C(c1ccccc1)N1CCN(c2ccc(N3CCN(C(C)C)C3=O)c(C)c2)CC1. The van der Waals surface area contributed by atoms with Gasteiger partial charge in [0.15, 0.2) is 0 Å². The van der Waals surface area contributed by atoms with Crippen molar-refractivity contribution in [1.82, 2.24) is 9.80 Å². The van der Waals surface area contributed by atoms with Gasteiger partial charge in [-0.2, -0.15) is 0 Å². The number of esters is 1. The molecule has 0 spiro atoms. The number of carbonyl (C=O) groups is 2. The van der Waals surface area contributed by atoms with Crippen LogP contribution in [0, 0.1) is 6.92 Å². The number of rotatable bonds is 7. The summed E-state index contributed by atoms with van der Waals surface area (Å²) in [5.41, 5.74) is 4.22. The smallest absolute Gasteiger partial charge is 0.328 e. The van der Waals surface area contributed by atoms with E-state index in [0.717, 1.165) is 61.8 Å². The standard InChI is InChI=1S/C27H36N4O3/c1-5-34-26(32)25(22-9-7-6-8-10-22)29-15-13-28(14-16-29)23-11-12-24(21(4)19-23)31-18-17-30(20(2)3)27(31)33/h6-12,19-20,25H,5,13-18H2,1-4H3. The average Bonchev–Trinajstić information content (AvgIpc) is 3.22. The van der Waals surface area contributed by atoms with Crippen LogP contribution in [0.15, 0.2) is 48.5 Å². The van der Waals surface area contributed by atoms with Crippen LogP contribution in [0.25, 0.3) is 0 Å². The zero-order valence-corrected chi connectivity index (χ0v) is 20.7. The monoisotopic (exact) mass is 464 g/mol. The second kappa shape index (κ2) is 10.5. The van der Waals surface area contributed by atoms with Crippen molar-refractivity contribution in [3.05, 3.63) is 59.7 Å². The third kappa shape index (κ3) is 4.89. The molecule has 0 saturated carbocycles. The molecule has 0 N–H and O–H groups in total. The van der Waals surface area contributed by atoms with Crippen LogP contribution in [-0.2, 0) is 9.53 Å². The molecule has 1 atom stereocenters. The molecule has 4 rings (SSSR count). The summed E-state index contributed by atoms with van der Waals surface area (Å²) in [4.78, 5) is 34.0. The molecule has 1 unspecified atom stereocenters. The number of hydrogen-bond acceptors (Lipinski definition) is 5. The van der Waals surface area contributed by atoms with Gasteiger partial charge in [0, 0.05) is 56.7 Å². The number of ether oxygens (including phenoxy) is 1.